The highest BCUT2D eigenvalue weighted by atomic mass is 35.5. The second-order valence-corrected chi connectivity index (χ2v) is 6.82. The Bertz CT molecular complexity index is 594. The quantitative estimate of drug-likeness (QED) is 0.890. The molecule has 7 heteroatoms. The number of halogens is 3. The van der Waals surface area contributed by atoms with Gasteiger partial charge < -0.3 is 5.11 Å². The zero-order valence-corrected chi connectivity index (χ0v) is 13.5. The highest BCUT2D eigenvalue weighted by Gasteiger charge is 2.20. The molecule has 0 spiro atoms. The summed E-state index contributed by atoms with van der Waals surface area (Å²) in [5, 5.41) is 15.2. The van der Waals surface area contributed by atoms with E-state index in [-0.39, 0.29) is 0 Å². The topological polar surface area (TPSA) is 38.0 Å². The van der Waals surface area contributed by atoms with Gasteiger partial charge in [-0.1, -0.05) is 34.8 Å². The fourth-order valence-corrected chi connectivity index (χ4v) is 3.72. The molecule has 2 heterocycles. The molecule has 0 bridgehead atoms. The third kappa shape index (κ3) is 3.09. The van der Waals surface area contributed by atoms with E-state index in [1.807, 2.05) is 13.8 Å². The molecule has 19 heavy (non-hydrogen) atoms. The molecule has 0 amide bonds. The fraction of sp³-hybridized carbons (Fsp3) is 0.417. The summed E-state index contributed by atoms with van der Waals surface area (Å²) in [6.07, 6.45) is -0.379. The molecule has 0 aliphatic heterocycles. The van der Waals surface area contributed by atoms with Crippen LogP contribution >= 0.6 is 46.1 Å². The molecule has 2 rings (SSSR count). The standard InChI is InChI=1S/C12H13Cl3N2OS/c1-3-17-8(11(14)6(2)16-17)5-9(18)7-4-10(13)19-12(7)15/h4,9,18H,3,5H2,1-2H3. The molecular formula is C12H13Cl3N2OS. The number of aromatic nitrogens is 2. The van der Waals surface area contributed by atoms with E-state index in [2.05, 4.69) is 5.10 Å². The van der Waals surface area contributed by atoms with Crippen LogP contribution in [-0.4, -0.2) is 14.9 Å². The second kappa shape index (κ2) is 6.02. The maximum Gasteiger partial charge on any atom is 0.100 e. The van der Waals surface area contributed by atoms with E-state index in [9.17, 15) is 5.11 Å². The Kier molecular flexibility index (Phi) is 4.79. The van der Waals surface area contributed by atoms with Crippen molar-refractivity contribution in [2.24, 2.45) is 0 Å². The predicted octanol–water partition coefficient (Wildman–Crippen LogP) is 4.51. The number of aliphatic hydroxyl groups is 1. The Labute approximate surface area is 130 Å². The Morgan fingerprint density at radius 2 is 2.11 bits per heavy atom. The summed E-state index contributed by atoms with van der Waals surface area (Å²) >= 11 is 19.4. The van der Waals surface area contributed by atoms with Crippen LogP contribution in [0.15, 0.2) is 6.07 Å². The third-order valence-electron chi connectivity index (χ3n) is 2.88. The van der Waals surface area contributed by atoms with Crippen molar-refractivity contribution in [1.82, 2.24) is 9.78 Å². The average Bonchev–Trinajstić information content (AvgIpc) is 2.83. The number of aliphatic hydroxyl groups excluding tert-OH is 1. The van der Waals surface area contributed by atoms with Crippen molar-refractivity contribution < 1.29 is 5.11 Å². The van der Waals surface area contributed by atoms with Gasteiger partial charge >= 0.3 is 0 Å². The molecule has 0 fully saturated rings. The summed E-state index contributed by atoms with van der Waals surface area (Å²) in [6.45, 7) is 4.53. The highest BCUT2D eigenvalue weighted by molar-refractivity contribution is 7.20. The Balaban J connectivity index is 2.28. The molecular weight excluding hydrogens is 327 g/mol. The molecule has 3 nitrogen and oxygen atoms in total. The molecule has 0 radical (unpaired) electrons. The van der Waals surface area contributed by atoms with E-state index in [1.165, 1.54) is 11.3 Å². The van der Waals surface area contributed by atoms with E-state index >= 15 is 0 Å². The van der Waals surface area contributed by atoms with E-state index in [0.29, 0.717) is 32.2 Å². The molecule has 1 atom stereocenters. The maximum absolute atomic E-state index is 10.3. The highest BCUT2D eigenvalue weighted by Crippen LogP contribution is 2.37. The van der Waals surface area contributed by atoms with Crippen LogP contribution < -0.4 is 0 Å². The monoisotopic (exact) mass is 338 g/mol. The van der Waals surface area contributed by atoms with Gasteiger partial charge in [0.05, 0.1) is 26.9 Å². The lowest BCUT2D eigenvalue weighted by Crippen LogP contribution is -2.08. The second-order valence-electron chi connectivity index (χ2n) is 4.16. The van der Waals surface area contributed by atoms with Crippen molar-refractivity contribution in [3.05, 3.63) is 36.7 Å². The molecule has 2 aromatic rings. The van der Waals surface area contributed by atoms with Gasteiger partial charge in [0.1, 0.15) is 4.34 Å². The van der Waals surface area contributed by atoms with Crippen LogP contribution in [0.2, 0.25) is 13.7 Å². The average molecular weight is 340 g/mol. The van der Waals surface area contributed by atoms with Crippen LogP contribution in [0.25, 0.3) is 0 Å². The Hall–Kier alpha value is -0.260. The van der Waals surface area contributed by atoms with E-state index in [0.717, 1.165) is 11.4 Å². The third-order valence-corrected chi connectivity index (χ3v) is 4.89. The summed E-state index contributed by atoms with van der Waals surface area (Å²) < 4.78 is 2.86. The minimum Gasteiger partial charge on any atom is -0.388 e. The van der Waals surface area contributed by atoms with Crippen LogP contribution in [0.1, 0.15) is 30.0 Å². The molecule has 104 valence electrons. The van der Waals surface area contributed by atoms with Gasteiger partial charge in [-0.05, 0) is 19.9 Å². The number of rotatable bonds is 4. The van der Waals surface area contributed by atoms with Gasteiger partial charge in [0, 0.05) is 18.5 Å². The first-order valence-corrected chi connectivity index (χ1v) is 7.73. The van der Waals surface area contributed by atoms with Gasteiger partial charge in [-0.2, -0.15) is 5.10 Å². The number of aryl methyl sites for hydroxylation is 2. The van der Waals surface area contributed by atoms with Crippen molar-refractivity contribution in [3.63, 3.8) is 0 Å². The first-order valence-electron chi connectivity index (χ1n) is 5.78. The molecule has 0 aliphatic rings. The van der Waals surface area contributed by atoms with Crippen LogP contribution in [0.4, 0.5) is 0 Å². The van der Waals surface area contributed by atoms with E-state index < -0.39 is 6.10 Å². The molecule has 0 aromatic carbocycles. The van der Waals surface area contributed by atoms with Crippen molar-refractivity contribution in [1.29, 1.82) is 0 Å². The SMILES string of the molecule is CCn1nc(C)c(Cl)c1CC(O)c1cc(Cl)sc1Cl. The Morgan fingerprint density at radius 3 is 2.63 bits per heavy atom. The molecule has 2 aromatic heterocycles. The lowest BCUT2D eigenvalue weighted by atomic mass is 10.1. The van der Waals surface area contributed by atoms with Crippen LogP contribution in [0.3, 0.4) is 0 Å². The number of hydrogen-bond acceptors (Lipinski definition) is 3. The smallest absolute Gasteiger partial charge is 0.100 e. The molecule has 0 saturated carbocycles. The van der Waals surface area contributed by atoms with Gasteiger partial charge in [-0.3, -0.25) is 4.68 Å². The van der Waals surface area contributed by atoms with E-state index in [4.69, 9.17) is 34.8 Å². The predicted molar refractivity (Wildman–Crippen MR) is 80.7 cm³/mol. The lowest BCUT2D eigenvalue weighted by Gasteiger charge is -2.11. The van der Waals surface area contributed by atoms with Crippen molar-refractivity contribution in [2.45, 2.75) is 32.9 Å². The summed E-state index contributed by atoms with van der Waals surface area (Å²) in [7, 11) is 0. The summed E-state index contributed by atoms with van der Waals surface area (Å²) in [5.74, 6) is 0. The molecule has 0 aliphatic carbocycles. The zero-order valence-electron chi connectivity index (χ0n) is 10.5. The molecule has 1 N–H and O–H groups in total. The summed E-state index contributed by atoms with van der Waals surface area (Å²) in [4.78, 5) is 0. The largest absolute Gasteiger partial charge is 0.388 e. The minimum absolute atomic E-state index is 0.361. The van der Waals surface area contributed by atoms with Gasteiger partial charge in [-0.15, -0.1) is 11.3 Å². The number of nitrogens with zero attached hydrogens (tertiary/aromatic N) is 2. The Morgan fingerprint density at radius 1 is 1.42 bits per heavy atom. The number of hydrogen-bond donors (Lipinski definition) is 1. The first-order chi connectivity index (χ1) is 8.93. The van der Waals surface area contributed by atoms with Gasteiger partial charge in [0.15, 0.2) is 0 Å². The molecule has 0 saturated heterocycles. The van der Waals surface area contributed by atoms with Crippen LogP contribution in [0.5, 0.6) is 0 Å². The molecule has 1 unspecified atom stereocenters. The van der Waals surface area contributed by atoms with Crippen molar-refractivity contribution >= 4 is 46.1 Å². The minimum atomic E-state index is -0.741. The summed E-state index contributed by atoms with van der Waals surface area (Å²) in [6, 6.07) is 1.69. The normalized spacial score (nSPS) is 12.9. The van der Waals surface area contributed by atoms with Gasteiger partial charge in [0.2, 0.25) is 0 Å². The fourth-order valence-electron chi connectivity index (χ4n) is 1.94. The first kappa shape index (κ1) is 15.1. The zero-order chi connectivity index (χ0) is 14.2. The van der Waals surface area contributed by atoms with Gasteiger partial charge in [0.25, 0.3) is 0 Å². The number of thiophene rings is 1. The van der Waals surface area contributed by atoms with Crippen molar-refractivity contribution in [3.8, 4) is 0 Å². The van der Waals surface area contributed by atoms with Crippen LogP contribution in [0, 0.1) is 6.92 Å². The van der Waals surface area contributed by atoms with E-state index in [1.54, 1.807) is 10.7 Å². The summed E-state index contributed by atoms with van der Waals surface area (Å²) in [5.41, 5.74) is 2.21. The van der Waals surface area contributed by atoms with Gasteiger partial charge in [-0.25, -0.2) is 0 Å². The lowest BCUT2D eigenvalue weighted by molar-refractivity contribution is 0.176. The van der Waals surface area contributed by atoms with Crippen LogP contribution in [-0.2, 0) is 13.0 Å². The maximum atomic E-state index is 10.3. The van der Waals surface area contributed by atoms with Crippen molar-refractivity contribution in [2.75, 3.05) is 0 Å².